The normalized spacial score (nSPS) is 22.2. The molecule has 1 aliphatic carbocycles. The molecule has 0 aliphatic heterocycles. The fraction of sp³-hybridized carbons (Fsp3) is 0.538. The van der Waals surface area contributed by atoms with Crippen molar-refractivity contribution in [1.82, 2.24) is 4.98 Å². The molecule has 108 valence electrons. The summed E-state index contributed by atoms with van der Waals surface area (Å²) in [6, 6.07) is 2.68. The average molecular weight is 279 g/mol. The van der Waals surface area contributed by atoms with Crippen molar-refractivity contribution in [3.05, 3.63) is 28.4 Å². The Balaban J connectivity index is 1.98. The van der Waals surface area contributed by atoms with Crippen molar-refractivity contribution in [2.75, 3.05) is 11.9 Å². The number of nitrogens with zero attached hydrogens (tertiary/aromatic N) is 2. The molecule has 2 unspecified atom stereocenters. The monoisotopic (exact) mass is 279 g/mol. The van der Waals surface area contributed by atoms with Gasteiger partial charge in [-0.05, 0) is 18.8 Å². The van der Waals surface area contributed by atoms with Crippen molar-refractivity contribution < 1.29 is 14.8 Å². The van der Waals surface area contributed by atoms with Gasteiger partial charge in [0.1, 0.15) is 5.82 Å². The molecule has 20 heavy (non-hydrogen) atoms. The fourth-order valence-corrected chi connectivity index (χ4v) is 2.64. The van der Waals surface area contributed by atoms with E-state index in [-0.39, 0.29) is 17.5 Å². The number of anilines is 1. The molecule has 0 saturated heterocycles. The lowest BCUT2D eigenvalue weighted by Crippen LogP contribution is -2.31. The number of carbonyl (C=O) groups is 1. The van der Waals surface area contributed by atoms with Gasteiger partial charge in [0.05, 0.1) is 16.9 Å². The molecule has 2 N–H and O–H groups in total. The third kappa shape index (κ3) is 3.43. The van der Waals surface area contributed by atoms with Crippen LogP contribution in [0.25, 0.3) is 0 Å². The lowest BCUT2D eigenvalue weighted by molar-refractivity contribution is -0.384. The summed E-state index contributed by atoms with van der Waals surface area (Å²) in [7, 11) is 0. The summed E-state index contributed by atoms with van der Waals surface area (Å²) < 4.78 is 0. The van der Waals surface area contributed by atoms with Crippen LogP contribution in [0.3, 0.4) is 0 Å². The van der Waals surface area contributed by atoms with Crippen molar-refractivity contribution in [1.29, 1.82) is 0 Å². The predicted molar refractivity (Wildman–Crippen MR) is 72.5 cm³/mol. The van der Waals surface area contributed by atoms with E-state index < -0.39 is 10.9 Å². The van der Waals surface area contributed by atoms with Gasteiger partial charge in [0.15, 0.2) is 0 Å². The van der Waals surface area contributed by atoms with E-state index in [0.29, 0.717) is 18.8 Å². The molecular formula is C13H17N3O4. The topological polar surface area (TPSA) is 105 Å². The maximum Gasteiger partial charge on any atom is 0.306 e. The zero-order valence-corrected chi connectivity index (χ0v) is 11.0. The van der Waals surface area contributed by atoms with Gasteiger partial charge in [-0.15, -0.1) is 0 Å². The van der Waals surface area contributed by atoms with E-state index in [4.69, 9.17) is 0 Å². The molecule has 1 aliphatic rings. The fourth-order valence-electron chi connectivity index (χ4n) is 2.64. The van der Waals surface area contributed by atoms with Crippen LogP contribution in [-0.2, 0) is 4.79 Å². The van der Waals surface area contributed by atoms with E-state index in [9.17, 15) is 20.0 Å². The molecule has 2 atom stereocenters. The minimum absolute atomic E-state index is 0.0269. The largest absolute Gasteiger partial charge is 0.481 e. The number of nitro groups is 1. The second kappa shape index (κ2) is 6.31. The van der Waals surface area contributed by atoms with Crippen LogP contribution in [0.1, 0.15) is 25.7 Å². The summed E-state index contributed by atoms with van der Waals surface area (Å²) in [5.74, 6) is -0.644. The van der Waals surface area contributed by atoms with Crippen LogP contribution in [-0.4, -0.2) is 27.5 Å². The molecule has 7 nitrogen and oxygen atoms in total. The van der Waals surface area contributed by atoms with Gasteiger partial charge in [0.25, 0.3) is 5.69 Å². The maximum absolute atomic E-state index is 11.2. The number of hydrogen-bond acceptors (Lipinski definition) is 5. The van der Waals surface area contributed by atoms with Gasteiger partial charge in [-0.3, -0.25) is 14.9 Å². The second-order valence-corrected chi connectivity index (χ2v) is 5.03. The molecule has 0 spiro atoms. The quantitative estimate of drug-likeness (QED) is 0.632. The van der Waals surface area contributed by atoms with Crippen LogP contribution in [0.4, 0.5) is 11.5 Å². The van der Waals surface area contributed by atoms with E-state index >= 15 is 0 Å². The van der Waals surface area contributed by atoms with Crippen LogP contribution < -0.4 is 5.32 Å². The average Bonchev–Trinajstić information content (AvgIpc) is 2.45. The molecule has 1 aromatic heterocycles. The number of aliphatic carboxylic acids is 1. The van der Waals surface area contributed by atoms with E-state index in [0.717, 1.165) is 19.3 Å². The molecule has 0 amide bonds. The van der Waals surface area contributed by atoms with Gasteiger partial charge in [0.2, 0.25) is 0 Å². The standard InChI is InChI=1S/C13H17N3O4/c17-13(18)11-4-2-1-3-9(11)8-15-12-7-10(16(19)20)5-6-14-12/h5-7,9,11H,1-4,8H2,(H,14,15)(H,17,18). The summed E-state index contributed by atoms with van der Waals surface area (Å²) in [6.45, 7) is 0.477. The molecule has 7 heteroatoms. The molecule has 1 fully saturated rings. The highest BCUT2D eigenvalue weighted by molar-refractivity contribution is 5.70. The van der Waals surface area contributed by atoms with Gasteiger partial charge < -0.3 is 10.4 Å². The highest BCUT2D eigenvalue weighted by Crippen LogP contribution is 2.30. The van der Waals surface area contributed by atoms with Crippen molar-refractivity contribution in [2.24, 2.45) is 11.8 Å². The molecule has 1 heterocycles. The van der Waals surface area contributed by atoms with Gasteiger partial charge in [-0.1, -0.05) is 12.8 Å². The Bertz CT molecular complexity index is 506. The molecule has 0 bridgehead atoms. The second-order valence-electron chi connectivity index (χ2n) is 5.03. The lowest BCUT2D eigenvalue weighted by Gasteiger charge is -2.28. The third-order valence-corrected chi connectivity index (χ3v) is 3.73. The van der Waals surface area contributed by atoms with Gasteiger partial charge in [0, 0.05) is 18.8 Å². The summed E-state index contributed by atoms with van der Waals surface area (Å²) >= 11 is 0. The minimum atomic E-state index is -0.761. The maximum atomic E-state index is 11.2. The van der Waals surface area contributed by atoms with Crippen molar-refractivity contribution >= 4 is 17.5 Å². The first kappa shape index (κ1) is 14.2. The summed E-state index contributed by atoms with van der Waals surface area (Å²) in [5.41, 5.74) is -0.0269. The SMILES string of the molecule is O=C(O)C1CCCCC1CNc1cc([N+](=O)[O-])ccn1. The summed E-state index contributed by atoms with van der Waals surface area (Å²) in [4.78, 5) is 25.4. The number of nitrogens with one attached hydrogen (secondary N) is 1. The Hall–Kier alpha value is -2.18. The first-order chi connectivity index (χ1) is 9.58. The van der Waals surface area contributed by atoms with Crippen molar-refractivity contribution in [2.45, 2.75) is 25.7 Å². The van der Waals surface area contributed by atoms with Crippen LogP contribution in [0.5, 0.6) is 0 Å². The number of aromatic nitrogens is 1. The number of pyridine rings is 1. The van der Waals surface area contributed by atoms with Crippen LogP contribution in [0.15, 0.2) is 18.3 Å². The highest BCUT2D eigenvalue weighted by atomic mass is 16.6. The zero-order valence-electron chi connectivity index (χ0n) is 11.0. The van der Waals surface area contributed by atoms with Crippen LogP contribution >= 0.6 is 0 Å². The number of rotatable bonds is 5. The Kier molecular flexibility index (Phi) is 4.49. The van der Waals surface area contributed by atoms with E-state index in [1.165, 1.54) is 18.3 Å². The lowest BCUT2D eigenvalue weighted by atomic mass is 9.79. The number of carboxylic acid groups (broad SMARTS) is 1. The summed E-state index contributed by atoms with van der Waals surface area (Å²) in [5, 5.41) is 22.9. The molecular weight excluding hydrogens is 262 g/mol. The Morgan fingerprint density at radius 1 is 1.50 bits per heavy atom. The molecule has 1 aromatic rings. The van der Waals surface area contributed by atoms with Gasteiger partial charge in [-0.25, -0.2) is 4.98 Å². The Morgan fingerprint density at radius 3 is 2.95 bits per heavy atom. The van der Waals surface area contributed by atoms with Gasteiger partial charge >= 0.3 is 5.97 Å². The van der Waals surface area contributed by atoms with Crippen LogP contribution in [0.2, 0.25) is 0 Å². The minimum Gasteiger partial charge on any atom is -0.481 e. The van der Waals surface area contributed by atoms with Crippen molar-refractivity contribution in [3.63, 3.8) is 0 Å². The van der Waals surface area contributed by atoms with Gasteiger partial charge in [-0.2, -0.15) is 0 Å². The molecule has 0 aromatic carbocycles. The number of hydrogen-bond donors (Lipinski definition) is 2. The van der Waals surface area contributed by atoms with Crippen molar-refractivity contribution in [3.8, 4) is 0 Å². The molecule has 1 saturated carbocycles. The Morgan fingerprint density at radius 2 is 2.25 bits per heavy atom. The smallest absolute Gasteiger partial charge is 0.306 e. The van der Waals surface area contributed by atoms with E-state index in [1.807, 2.05) is 0 Å². The third-order valence-electron chi connectivity index (χ3n) is 3.73. The first-order valence-corrected chi connectivity index (χ1v) is 6.65. The highest BCUT2D eigenvalue weighted by Gasteiger charge is 2.30. The zero-order chi connectivity index (χ0) is 14.5. The number of carboxylic acids is 1. The van der Waals surface area contributed by atoms with Crippen LogP contribution in [0, 0.1) is 22.0 Å². The first-order valence-electron chi connectivity index (χ1n) is 6.65. The molecule has 2 rings (SSSR count). The van der Waals surface area contributed by atoms with E-state index in [1.54, 1.807) is 0 Å². The Labute approximate surface area is 116 Å². The predicted octanol–water partition coefficient (Wildman–Crippen LogP) is 2.29. The van der Waals surface area contributed by atoms with E-state index in [2.05, 4.69) is 10.3 Å². The summed E-state index contributed by atoms with van der Waals surface area (Å²) in [6.07, 6.45) is 4.90. The molecule has 0 radical (unpaired) electrons.